The molecule has 0 bridgehead atoms. The third-order valence-electron chi connectivity index (χ3n) is 3.65. The second-order valence-electron chi connectivity index (χ2n) is 5.38. The molecule has 0 aliphatic heterocycles. The third-order valence-corrected chi connectivity index (χ3v) is 5.22. The first-order valence-electron chi connectivity index (χ1n) is 7.71. The lowest BCUT2D eigenvalue weighted by molar-refractivity contribution is -0.115. The van der Waals surface area contributed by atoms with Crippen molar-refractivity contribution in [1.29, 1.82) is 0 Å². The zero-order valence-corrected chi connectivity index (χ0v) is 15.5. The summed E-state index contributed by atoms with van der Waals surface area (Å²) in [6.45, 7) is 0.138. The van der Waals surface area contributed by atoms with Crippen molar-refractivity contribution in [2.24, 2.45) is 0 Å². The molecule has 0 radical (unpaired) electrons. The van der Waals surface area contributed by atoms with Crippen LogP contribution in [0.2, 0.25) is 10.0 Å². The summed E-state index contributed by atoms with van der Waals surface area (Å²) in [4.78, 5) is 13.5. The second kappa shape index (κ2) is 8.50. The number of hydrogen-bond acceptors (Lipinski definition) is 3. The van der Waals surface area contributed by atoms with E-state index in [4.69, 9.17) is 23.2 Å². The van der Waals surface area contributed by atoms with Gasteiger partial charge in [0.1, 0.15) is 0 Å². The van der Waals surface area contributed by atoms with Crippen molar-refractivity contribution in [2.75, 3.05) is 11.9 Å². The van der Waals surface area contributed by atoms with Crippen molar-refractivity contribution in [3.63, 3.8) is 0 Å². The van der Waals surface area contributed by atoms with Gasteiger partial charge >= 0.3 is 0 Å². The van der Waals surface area contributed by atoms with E-state index in [1.54, 1.807) is 29.5 Å². The molecule has 0 saturated heterocycles. The molecule has 0 fully saturated rings. The Bertz CT molecular complexity index is 818. The molecule has 1 amide bonds. The fraction of sp³-hybridized carbons (Fsp3) is 0.105. The van der Waals surface area contributed by atoms with Gasteiger partial charge in [-0.25, -0.2) is 0 Å². The third kappa shape index (κ3) is 4.61. The zero-order valence-electron chi connectivity index (χ0n) is 13.2. The van der Waals surface area contributed by atoms with Gasteiger partial charge in [0.15, 0.2) is 0 Å². The number of carbonyl (C=O) groups excluding carboxylic acids is 1. The van der Waals surface area contributed by atoms with Gasteiger partial charge in [-0.3, -0.25) is 10.1 Å². The molecular weight excluding hydrogens is 375 g/mol. The molecule has 1 atom stereocenters. The monoisotopic (exact) mass is 390 g/mol. The predicted molar refractivity (Wildman–Crippen MR) is 106 cm³/mol. The summed E-state index contributed by atoms with van der Waals surface area (Å²) in [6, 6.07) is 19.2. The Morgan fingerprint density at radius 3 is 2.32 bits per heavy atom. The number of nitrogens with one attached hydrogen (secondary N) is 2. The van der Waals surface area contributed by atoms with Crippen LogP contribution >= 0.6 is 34.5 Å². The minimum absolute atomic E-state index is 0.0475. The summed E-state index contributed by atoms with van der Waals surface area (Å²) in [5.74, 6) is -0.201. The highest BCUT2D eigenvalue weighted by atomic mass is 35.5. The predicted octanol–water partition coefficient (Wildman–Crippen LogP) is 5.37. The quantitative estimate of drug-likeness (QED) is 0.593. The van der Waals surface area contributed by atoms with Crippen LogP contribution in [0.1, 0.15) is 16.5 Å². The summed E-state index contributed by atoms with van der Waals surface area (Å²) in [6.07, 6.45) is 0. The molecule has 0 saturated carbocycles. The molecular formula is C19H16Cl2N2OS. The molecule has 6 heteroatoms. The smallest absolute Gasteiger partial charge is 0.238 e. The van der Waals surface area contributed by atoms with Crippen molar-refractivity contribution < 1.29 is 4.79 Å². The van der Waals surface area contributed by atoms with Crippen LogP contribution in [0.4, 0.5) is 5.69 Å². The number of hydrogen-bond donors (Lipinski definition) is 2. The van der Waals surface area contributed by atoms with Crippen molar-refractivity contribution in [1.82, 2.24) is 5.32 Å². The Labute approximate surface area is 160 Å². The first-order valence-corrected chi connectivity index (χ1v) is 9.34. The summed E-state index contributed by atoms with van der Waals surface area (Å²) >= 11 is 13.8. The second-order valence-corrected chi connectivity index (χ2v) is 7.18. The van der Waals surface area contributed by atoms with Gasteiger partial charge in [-0.05, 0) is 29.1 Å². The topological polar surface area (TPSA) is 41.1 Å². The van der Waals surface area contributed by atoms with Crippen molar-refractivity contribution >= 4 is 46.1 Å². The maximum atomic E-state index is 12.3. The highest BCUT2D eigenvalue weighted by Gasteiger charge is 2.16. The summed E-state index contributed by atoms with van der Waals surface area (Å²) in [5, 5.41) is 8.93. The Morgan fingerprint density at radius 2 is 1.68 bits per heavy atom. The lowest BCUT2D eigenvalue weighted by Crippen LogP contribution is -2.31. The van der Waals surface area contributed by atoms with Crippen LogP contribution in [-0.4, -0.2) is 12.5 Å². The number of para-hydroxylation sites is 1. The van der Waals surface area contributed by atoms with E-state index in [1.165, 1.54) is 0 Å². The van der Waals surface area contributed by atoms with Crippen molar-refractivity contribution in [2.45, 2.75) is 6.04 Å². The highest BCUT2D eigenvalue weighted by Crippen LogP contribution is 2.30. The van der Waals surface area contributed by atoms with Crippen LogP contribution < -0.4 is 10.6 Å². The summed E-state index contributed by atoms with van der Waals surface area (Å²) < 4.78 is 0. The number of rotatable bonds is 6. The average molecular weight is 391 g/mol. The Balaban J connectivity index is 1.70. The molecule has 0 unspecified atom stereocenters. The van der Waals surface area contributed by atoms with E-state index in [-0.39, 0.29) is 18.5 Å². The number of carbonyl (C=O) groups is 1. The van der Waals surface area contributed by atoms with Gasteiger partial charge in [-0.1, -0.05) is 65.7 Å². The lowest BCUT2D eigenvalue weighted by Gasteiger charge is -2.18. The molecule has 128 valence electrons. The normalized spacial score (nSPS) is 11.9. The maximum absolute atomic E-state index is 12.3. The van der Waals surface area contributed by atoms with Crippen molar-refractivity contribution in [3.8, 4) is 0 Å². The van der Waals surface area contributed by atoms with Crippen LogP contribution in [0.5, 0.6) is 0 Å². The largest absolute Gasteiger partial charge is 0.322 e. The number of thiophene rings is 1. The molecule has 0 aliphatic rings. The van der Waals surface area contributed by atoms with E-state index < -0.39 is 0 Å². The number of halogens is 2. The molecule has 3 aromatic rings. The first kappa shape index (κ1) is 18.0. The van der Waals surface area contributed by atoms with Crippen LogP contribution in [0, 0.1) is 0 Å². The molecule has 2 aromatic carbocycles. The van der Waals surface area contributed by atoms with Crippen LogP contribution in [0.3, 0.4) is 0 Å². The summed E-state index contributed by atoms with van der Waals surface area (Å²) in [7, 11) is 0. The molecule has 0 aliphatic carbocycles. The fourth-order valence-electron chi connectivity index (χ4n) is 2.48. The Hall–Kier alpha value is -1.85. The molecule has 25 heavy (non-hydrogen) atoms. The van der Waals surface area contributed by atoms with Crippen LogP contribution in [0.25, 0.3) is 0 Å². The van der Waals surface area contributed by atoms with Crippen molar-refractivity contribution in [3.05, 3.63) is 86.5 Å². The highest BCUT2D eigenvalue weighted by molar-refractivity contribution is 7.10. The summed E-state index contributed by atoms with van der Waals surface area (Å²) in [5.41, 5.74) is 1.54. The Morgan fingerprint density at radius 1 is 0.960 bits per heavy atom. The standard InChI is InChI=1S/C19H16Cl2N2OS/c20-14-8-4-9-15(21)19(14)23-17(24)12-22-18(16-10-5-11-25-16)13-6-2-1-3-7-13/h1-11,18,22H,12H2,(H,23,24)/t18-/m1/s1. The minimum atomic E-state index is -0.201. The van der Waals surface area contributed by atoms with Gasteiger partial charge in [0, 0.05) is 4.88 Å². The SMILES string of the molecule is O=C(CN[C@H](c1ccccc1)c1cccs1)Nc1c(Cl)cccc1Cl. The maximum Gasteiger partial charge on any atom is 0.238 e. The van der Waals surface area contributed by atoms with Gasteiger partial charge in [-0.15, -0.1) is 11.3 Å². The molecule has 3 nitrogen and oxygen atoms in total. The van der Waals surface area contributed by atoms with E-state index in [9.17, 15) is 4.79 Å². The molecule has 2 N–H and O–H groups in total. The Kier molecular flexibility index (Phi) is 6.10. The van der Waals surface area contributed by atoms with Gasteiger partial charge in [0.05, 0.1) is 28.3 Å². The number of amides is 1. The van der Waals surface area contributed by atoms with E-state index in [1.807, 2.05) is 41.8 Å². The van der Waals surface area contributed by atoms with Gasteiger partial charge in [-0.2, -0.15) is 0 Å². The molecule has 3 rings (SSSR count). The number of anilines is 1. The molecule has 1 heterocycles. The first-order chi connectivity index (χ1) is 12.1. The lowest BCUT2D eigenvalue weighted by atomic mass is 10.1. The minimum Gasteiger partial charge on any atom is -0.322 e. The van der Waals surface area contributed by atoms with Gasteiger partial charge in [0.2, 0.25) is 5.91 Å². The van der Waals surface area contributed by atoms with Crippen LogP contribution in [-0.2, 0) is 4.79 Å². The average Bonchev–Trinajstić information content (AvgIpc) is 3.14. The van der Waals surface area contributed by atoms with Gasteiger partial charge in [0.25, 0.3) is 0 Å². The van der Waals surface area contributed by atoms with E-state index in [2.05, 4.69) is 16.7 Å². The van der Waals surface area contributed by atoms with Gasteiger partial charge < -0.3 is 5.32 Å². The van der Waals surface area contributed by atoms with E-state index >= 15 is 0 Å². The van der Waals surface area contributed by atoms with E-state index in [0.717, 1.165) is 10.4 Å². The number of benzene rings is 2. The van der Waals surface area contributed by atoms with Crippen LogP contribution in [0.15, 0.2) is 66.0 Å². The zero-order chi connectivity index (χ0) is 17.6. The molecule has 1 aromatic heterocycles. The molecule has 0 spiro atoms. The fourth-order valence-corrected chi connectivity index (χ4v) is 3.80. The van der Waals surface area contributed by atoms with E-state index in [0.29, 0.717) is 15.7 Å².